The Morgan fingerprint density at radius 1 is 1.02 bits per heavy atom. The summed E-state index contributed by atoms with van der Waals surface area (Å²) in [5.41, 5.74) is 3.59. The third-order valence-electron chi connectivity index (χ3n) is 6.19. The van der Waals surface area contributed by atoms with Crippen LogP contribution >= 0.6 is 35.0 Å². The van der Waals surface area contributed by atoms with Gasteiger partial charge in [-0.2, -0.15) is 5.10 Å². The molecule has 208 valence electrons. The van der Waals surface area contributed by atoms with Crippen LogP contribution in [0.15, 0.2) is 98.6 Å². The van der Waals surface area contributed by atoms with E-state index in [2.05, 4.69) is 10.2 Å². The zero-order valence-corrected chi connectivity index (χ0v) is 24.5. The smallest absolute Gasteiger partial charge is 0.267 e. The zero-order chi connectivity index (χ0) is 28.8. The number of halogens is 2. The number of carbonyl (C=O) groups is 1. The van der Waals surface area contributed by atoms with Crippen LogP contribution < -0.4 is 9.47 Å². The van der Waals surface area contributed by atoms with Crippen molar-refractivity contribution in [2.24, 2.45) is 10.2 Å². The van der Waals surface area contributed by atoms with E-state index >= 15 is 0 Å². The van der Waals surface area contributed by atoms with Crippen molar-refractivity contribution in [3.8, 4) is 11.5 Å². The van der Waals surface area contributed by atoms with Gasteiger partial charge in [-0.1, -0.05) is 53.5 Å². The van der Waals surface area contributed by atoms with Gasteiger partial charge in [-0.25, -0.2) is 0 Å². The number of amides is 1. The van der Waals surface area contributed by atoms with Crippen molar-refractivity contribution in [3.05, 3.63) is 122 Å². The molecule has 7 nitrogen and oxygen atoms in total. The van der Waals surface area contributed by atoms with Gasteiger partial charge < -0.3 is 13.9 Å². The fourth-order valence-electron chi connectivity index (χ4n) is 3.99. The van der Waals surface area contributed by atoms with Crippen LogP contribution in [0, 0.1) is 6.92 Å². The Labute approximate surface area is 252 Å². The Morgan fingerprint density at radius 3 is 2.63 bits per heavy atom. The van der Waals surface area contributed by atoms with E-state index in [0.29, 0.717) is 37.4 Å². The summed E-state index contributed by atoms with van der Waals surface area (Å²) in [7, 11) is 1.56. The first-order valence-corrected chi connectivity index (χ1v) is 14.1. The van der Waals surface area contributed by atoms with Crippen LogP contribution in [0.2, 0.25) is 10.0 Å². The standard InChI is InChI=1S/C31H25Cl2N3O4S/c1-20-6-3-4-7-22(20)15-29-30(37)36(18-25-8-5-13-39-25)31(41-29)35-34-17-21-9-12-27(28(14-21)38-2)40-19-23-10-11-24(32)16-26(23)33/h3-17H,18-19H2,1-2H3/b29-15-,34-17+,35-31-. The molecule has 4 aromatic rings. The van der Waals surface area contributed by atoms with E-state index in [4.69, 9.17) is 37.1 Å². The summed E-state index contributed by atoms with van der Waals surface area (Å²) in [5.74, 6) is 1.56. The lowest BCUT2D eigenvalue weighted by atomic mass is 10.1. The van der Waals surface area contributed by atoms with E-state index in [1.165, 1.54) is 11.8 Å². The van der Waals surface area contributed by atoms with Gasteiger partial charge in [0.2, 0.25) is 0 Å². The first-order chi connectivity index (χ1) is 19.9. The van der Waals surface area contributed by atoms with Gasteiger partial charge in [-0.15, -0.1) is 5.10 Å². The number of rotatable bonds is 9. The number of amidine groups is 1. The van der Waals surface area contributed by atoms with Gasteiger partial charge in [0.1, 0.15) is 12.4 Å². The Hall–Kier alpha value is -3.98. The minimum Gasteiger partial charge on any atom is -0.493 e. The topological polar surface area (TPSA) is 76.6 Å². The lowest BCUT2D eigenvalue weighted by Crippen LogP contribution is -2.28. The fourth-order valence-corrected chi connectivity index (χ4v) is 5.38. The second-order valence-corrected chi connectivity index (χ2v) is 10.9. The van der Waals surface area contributed by atoms with Crippen molar-refractivity contribution in [2.45, 2.75) is 20.1 Å². The van der Waals surface area contributed by atoms with E-state index in [1.807, 2.05) is 55.5 Å². The predicted molar refractivity (Wildman–Crippen MR) is 165 cm³/mol. The summed E-state index contributed by atoms with van der Waals surface area (Å²) in [6, 6.07) is 22.2. The van der Waals surface area contributed by atoms with Crippen LogP contribution in [0.5, 0.6) is 11.5 Å². The predicted octanol–water partition coefficient (Wildman–Crippen LogP) is 7.99. The molecule has 0 unspecified atom stereocenters. The first kappa shape index (κ1) is 28.5. The molecule has 1 aromatic heterocycles. The highest BCUT2D eigenvalue weighted by atomic mass is 35.5. The number of carbonyl (C=O) groups excluding carboxylic acids is 1. The summed E-state index contributed by atoms with van der Waals surface area (Å²) in [5, 5.41) is 10.2. The summed E-state index contributed by atoms with van der Waals surface area (Å²) >= 11 is 13.5. The molecule has 41 heavy (non-hydrogen) atoms. The molecule has 5 rings (SSSR count). The molecule has 0 radical (unpaired) electrons. The van der Waals surface area contributed by atoms with Crippen molar-refractivity contribution in [3.63, 3.8) is 0 Å². The van der Waals surface area contributed by atoms with Gasteiger partial charge >= 0.3 is 0 Å². The third kappa shape index (κ3) is 7.03. The average molecular weight is 607 g/mol. The molecule has 1 amide bonds. The second-order valence-electron chi connectivity index (χ2n) is 9.00. The van der Waals surface area contributed by atoms with Crippen molar-refractivity contribution < 1.29 is 18.7 Å². The summed E-state index contributed by atoms with van der Waals surface area (Å²) in [6.07, 6.45) is 5.05. The molecular weight excluding hydrogens is 581 g/mol. The molecule has 0 saturated carbocycles. The molecule has 0 atom stereocenters. The Morgan fingerprint density at radius 2 is 1.88 bits per heavy atom. The maximum absolute atomic E-state index is 13.3. The largest absolute Gasteiger partial charge is 0.493 e. The van der Waals surface area contributed by atoms with Gasteiger partial charge in [0.05, 0.1) is 31.0 Å². The van der Waals surface area contributed by atoms with Crippen molar-refractivity contribution in [1.29, 1.82) is 0 Å². The van der Waals surface area contributed by atoms with E-state index in [9.17, 15) is 4.79 Å². The second kappa shape index (κ2) is 13.1. The highest BCUT2D eigenvalue weighted by Gasteiger charge is 2.34. The number of furan rings is 1. The molecule has 1 saturated heterocycles. The molecule has 1 fully saturated rings. The normalized spacial score (nSPS) is 15.4. The van der Waals surface area contributed by atoms with E-state index in [1.54, 1.807) is 54.8 Å². The quantitative estimate of drug-likeness (QED) is 0.110. The number of hydrogen-bond donors (Lipinski definition) is 0. The lowest BCUT2D eigenvalue weighted by molar-refractivity contribution is -0.122. The molecule has 10 heteroatoms. The molecule has 1 aliphatic rings. The number of thioether (sulfide) groups is 1. The summed E-state index contributed by atoms with van der Waals surface area (Å²) in [4.78, 5) is 15.4. The number of aryl methyl sites for hydroxylation is 1. The SMILES string of the molecule is COc1cc(/C=N/N=C2\S/C(=C\c3ccccc3C)C(=O)N2Cc2ccco2)ccc1OCc1ccc(Cl)cc1Cl. The Bertz CT molecular complexity index is 1650. The Kier molecular flexibility index (Phi) is 9.14. The molecule has 3 aromatic carbocycles. The maximum Gasteiger partial charge on any atom is 0.267 e. The summed E-state index contributed by atoms with van der Waals surface area (Å²) in [6.45, 7) is 2.51. The van der Waals surface area contributed by atoms with E-state index < -0.39 is 0 Å². The monoisotopic (exact) mass is 605 g/mol. The fraction of sp³-hybridized carbons (Fsp3) is 0.129. The van der Waals surface area contributed by atoms with E-state index in [0.717, 1.165) is 22.3 Å². The summed E-state index contributed by atoms with van der Waals surface area (Å²) < 4.78 is 16.9. The highest BCUT2D eigenvalue weighted by molar-refractivity contribution is 8.18. The highest BCUT2D eigenvalue weighted by Crippen LogP contribution is 2.34. The van der Waals surface area contributed by atoms with Crippen molar-refractivity contribution in [1.82, 2.24) is 4.90 Å². The van der Waals surface area contributed by atoms with Crippen LogP contribution in [-0.4, -0.2) is 29.3 Å². The van der Waals surface area contributed by atoms with Crippen LogP contribution in [0.3, 0.4) is 0 Å². The van der Waals surface area contributed by atoms with Crippen LogP contribution in [-0.2, 0) is 17.9 Å². The maximum atomic E-state index is 13.3. The van der Waals surface area contributed by atoms with Gasteiger partial charge in [-0.3, -0.25) is 9.69 Å². The molecule has 1 aliphatic heterocycles. The number of ether oxygens (including phenoxy) is 2. The number of hydrogen-bond acceptors (Lipinski definition) is 7. The molecule has 2 heterocycles. The van der Waals surface area contributed by atoms with Gasteiger partial charge in [0, 0.05) is 15.6 Å². The minimum absolute atomic E-state index is 0.160. The van der Waals surface area contributed by atoms with Crippen molar-refractivity contribution >= 4 is 58.3 Å². The number of benzene rings is 3. The molecular formula is C31H25Cl2N3O4S. The minimum atomic E-state index is -0.160. The lowest BCUT2D eigenvalue weighted by Gasteiger charge is -2.13. The van der Waals surface area contributed by atoms with Crippen LogP contribution in [0.25, 0.3) is 6.08 Å². The number of methoxy groups -OCH3 is 1. The zero-order valence-electron chi connectivity index (χ0n) is 22.2. The Balaban J connectivity index is 1.34. The van der Waals surface area contributed by atoms with E-state index in [-0.39, 0.29) is 19.1 Å². The average Bonchev–Trinajstić information content (AvgIpc) is 3.58. The molecule has 0 N–H and O–H groups in total. The third-order valence-corrected chi connectivity index (χ3v) is 7.78. The first-order valence-electron chi connectivity index (χ1n) is 12.6. The number of nitrogens with zero attached hydrogens (tertiary/aromatic N) is 3. The van der Waals surface area contributed by atoms with Gasteiger partial charge in [-0.05, 0) is 83.9 Å². The van der Waals surface area contributed by atoms with Gasteiger partial charge in [0.25, 0.3) is 5.91 Å². The molecule has 0 aliphatic carbocycles. The molecule has 0 spiro atoms. The van der Waals surface area contributed by atoms with Crippen LogP contribution in [0.1, 0.15) is 28.0 Å². The van der Waals surface area contributed by atoms with Gasteiger partial charge in [0.15, 0.2) is 16.7 Å². The van der Waals surface area contributed by atoms with Crippen LogP contribution in [0.4, 0.5) is 0 Å². The molecule has 0 bridgehead atoms. The van der Waals surface area contributed by atoms with Crippen molar-refractivity contribution in [2.75, 3.05) is 7.11 Å².